The van der Waals surface area contributed by atoms with Gasteiger partial charge in [0.25, 0.3) is 0 Å². The van der Waals surface area contributed by atoms with E-state index in [9.17, 15) is 18.0 Å². The van der Waals surface area contributed by atoms with Gasteiger partial charge in [-0.15, -0.1) is 0 Å². The second-order valence-corrected chi connectivity index (χ2v) is 3.50. The average molecular weight is 263 g/mol. The molecule has 1 aromatic carbocycles. The molecule has 0 radical (unpaired) electrons. The van der Waals surface area contributed by atoms with E-state index in [1.54, 1.807) is 0 Å². The highest BCUT2D eigenvalue weighted by Crippen LogP contribution is 2.33. The molecule has 1 aromatic rings. The van der Waals surface area contributed by atoms with Gasteiger partial charge in [-0.1, -0.05) is 23.4 Å². The molecule has 0 saturated carbocycles. The normalized spacial score (nSPS) is 10.6. The summed E-state index contributed by atoms with van der Waals surface area (Å²) in [6.45, 7) is 0. The summed E-state index contributed by atoms with van der Waals surface area (Å²) in [5.41, 5.74) is -1.26. The minimum absolute atomic E-state index is 0.0545. The summed E-state index contributed by atoms with van der Waals surface area (Å²) in [6.07, 6.45) is -5.09. The van der Waals surface area contributed by atoms with Gasteiger partial charge in [0.2, 0.25) is 0 Å². The van der Waals surface area contributed by atoms with Crippen LogP contribution in [0.15, 0.2) is 18.2 Å². The molecular formula is C11H6ClF3O2. The van der Waals surface area contributed by atoms with E-state index in [1.165, 1.54) is 6.07 Å². The first kappa shape index (κ1) is 13.4. The summed E-state index contributed by atoms with van der Waals surface area (Å²) < 4.78 is 37.7. The maximum atomic E-state index is 12.6. The van der Waals surface area contributed by atoms with E-state index >= 15 is 0 Å². The number of hydrogen-bond acceptors (Lipinski definition) is 1. The standard InChI is InChI=1S/C11H6ClF3O2/c12-8-5-4-7(2-1-3-10(16)17)9(6-8)11(13,14)15/h4-6H,3H2,(H,16,17). The van der Waals surface area contributed by atoms with Gasteiger partial charge in [0.15, 0.2) is 0 Å². The number of rotatable bonds is 1. The zero-order valence-electron chi connectivity index (χ0n) is 8.31. The maximum Gasteiger partial charge on any atom is 0.417 e. The Kier molecular flexibility index (Phi) is 4.02. The molecule has 0 spiro atoms. The molecular weight excluding hydrogens is 257 g/mol. The molecule has 0 aromatic heterocycles. The van der Waals surface area contributed by atoms with Crippen molar-refractivity contribution in [2.45, 2.75) is 12.6 Å². The lowest BCUT2D eigenvalue weighted by molar-refractivity contribution is -0.138. The van der Waals surface area contributed by atoms with Crippen molar-refractivity contribution >= 4 is 17.6 Å². The molecule has 0 fully saturated rings. The van der Waals surface area contributed by atoms with E-state index in [0.29, 0.717) is 0 Å². The Balaban J connectivity index is 3.14. The lowest BCUT2D eigenvalue weighted by Gasteiger charge is -2.09. The van der Waals surface area contributed by atoms with Crippen LogP contribution in [0.4, 0.5) is 13.2 Å². The predicted octanol–water partition coefficient (Wildman–Crippen LogP) is 3.19. The molecule has 0 aliphatic carbocycles. The summed E-state index contributed by atoms with van der Waals surface area (Å²) in [5.74, 6) is 3.11. The molecule has 0 heterocycles. The average Bonchev–Trinajstić information content (AvgIpc) is 2.18. The Hall–Kier alpha value is -1.67. The number of benzene rings is 1. The van der Waals surface area contributed by atoms with Crippen LogP contribution in [0, 0.1) is 11.8 Å². The molecule has 0 aliphatic rings. The van der Waals surface area contributed by atoms with Gasteiger partial charge >= 0.3 is 12.1 Å². The first-order chi connectivity index (χ1) is 7.80. The molecule has 6 heteroatoms. The summed E-state index contributed by atoms with van der Waals surface area (Å²) in [4.78, 5) is 10.2. The first-order valence-corrected chi connectivity index (χ1v) is 4.76. The van der Waals surface area contributed by atoms with Gasteiger partial charge < -0.3 is 5.11 Å². The van der Waals surface area contributed by atoms with E-state index in [2.05, 4.69) is 11.8 Å². The maximum absolute atomic E-state index is 12.6. The fourth-order valence-corrected chi connectivity index (χ4v) is 1.25. The topological polar surface area (TPSA) is 37.3 Å². The van der Waals surface area contributed by atoms with Crippen molar-refractivity contribution in [1.82, 2.24) is 0 Å². The number of hydrogen-bond donors (Lipinski definition) is 1. The van der Waals surface area contributed by atoms with Crippen LogP contribution in [-0.4, -0.2) is 11.1 Å². The van der Waals surface area contributed by atoms with Crippen molar-refractivity contribution < 1.29 is 23.1 Å². The molecule has 1 N–H and O–H groups in total. The zero-order valence-corrected chi connectivity index (χ0v) is 9.06. The Bertz CT molecular complexity index is 498. The lowest BCUT2D eigenvalue weighted by atomic mass is 10.1. The third-order valence-corrected chi connectivity index (χ3v) is 1.98. The predicted molar refractivity (Wildman–Crippen MR) is 55.6 cm³/mol. The van der Waals surface area contributed by atoms with Crippen LogP contribution in [0.1, 0.15) is 17.5 Å². The molecule has 17 heavy (non-hydrogen) atoms. The minimum atomic E-state index is -4.57. The monoisotopic (exact) mass is 262 g/mol. The van der Waals surface area contributed by atoms with E-state index in [0.717, 1.165) is 12.1 Å². The van der Waals surface area contributed by atoms with Crippen LogP contribution in [-0.2, 0) is 11.0 Å². The fourth-order valence-electron chi connectivity index (χ4n) is 1.08. The van der Waals surface area contributed by atoms with Crippen molar-refractivity contribution in [3.63, 3.8) is 0 Å². The van der Waals surface area contributed by atoms with Crippen LogP contribution < -0.4 is 0 Å². The first-order valence-electron chi connectivity index (χ1n) is 4.38. The fraction of sp³-hybridized carbons (Fsp3) is 0.182. The molecule has 1 rings (SSSR count). The van der Waals surface area contributed by atoms with Crippen molar-refractivity contribution in [1.29, 1.82) is 0 Å². The Morgan fingerprint density at radius 2 is 2.06 bits per heavy atom. The van der Waals surface area contributed by atoms with Gasteiger partial charge in [-0.05, 0) is 18.2 Å². The number of alkyl halides is 3. The van der Waals surface area contributed by atoms with Crippen molar-refractivity contribution in [3.8, 4) is 11.8 Å². The van der Waals surface area contributed by atoms with Crippen LogP contribution in [0.25, 0.3) is 0 Å². The number of aliphatic carboxylic acids is 1. The van der Waals surface area contributed by atoms with Gasteiger partial charge in [-0.25, -0.2) is 0 Å². The highest BCUT2D eigenvalue weighted by molar-refractivity contribution is 6.30. The summed E-state index contributed by atoms with van der Waals surface area (Å²) in [6, 6.07) is 3.13. The van der Waals surface area contributed by atoms with E-state index in [4.69, 9.17) is 16.7 Å². The van der Waals surface area contributed by atoms with Crippen LogP contribution in [0.3, 0.4) is 0 Å². The Morgan fingerprint density at radius 3 is 2.59 bits per heavy atom. The number of carbonyl (C=O) groups is 1. The van der Waals surface area contributed by atoms with Crippen molar-refractivity contribution in [3.05, 3.63) is 34.3 Å². The Morgan fingerprint density at radius 1 is 1.41 bits per heavy atom. The zero-order chi connectivity index (χ0) is 13.1. The van der Waals surface area contributed by atoms with Crippen molar-refractivity contribution in [2.24, 2.45) is 0 Å². The van der Waals surface area contributed by atoms with Crippen LogP contribution in [0.5, 0.6) is 0 Å². The van der Waals surface area contributed by atoms with Gasteiger partial charge in [0.05, 0.1) is 5.56 Å². The number of carboxylic acids is 1. The third kappa shape index (κ3) is 4.00. The van der Waals surface area contributed by atoms with E-state index < -0.39 is 24.1 Å². The minimum Gasteiger partial charge on any atom is -0.481 e. The summed E-state index contributed by atoms with van der Waals surface area (Å²) in [7, 11) is 0. The molecule has 0 bridgehead atoms. The largest absolute Gasteiger partial charge is 0.481 e. The highest BCUT2D eigenvalue weighted by atomic mass is 35.5. The smallest absolute Gasteiger partial charge is 0.417 e. The quantitative estimate of drug-likeness (QED) is 0.789. The van der Waals surface area contributed by atoms with Gasteiger partial charge in [-0.3, -0.25) is 4.79 Å². The molecule has 0 unspecified atom stereocenters. The van der Waals surface area contributed by atoms with Crippen LogP contribution in [0.2, 0.25) is 5.02 Å². The molecule has 0 atom stereocenters. The van der Waals surface area contributed by atoms with Crippen molar-refractivity contribution in [2.75, 3.05) is 0 Å². The second-order valence-electron chi connectivity index (χ2n) is 3.06. The summed E-state index contributed by atoms with van der Waals surface area (Å²) >= 11 is 5.47. The van der Waals surface area contributed by atoms with Crippen LogP contribution >= 0.6 is 11.6 Å². The van der Waals surface area contributed by atoms with E-state index in [1.807, 2.05) is 0 Å². The van der Waals surface area contributed by atoms with E-state index in [-0.39, 0.29) is 10.6 Å². The van der Waals surface area contributed by atoms with Gasteiger partial charge in [-0.2, -0.15) is 13.2 Å². The molecule has 2 nitrogen and oxygen atoms in total. The number of halogens is 4. The van der Waals surface area contributed by atoms with Gasteiger partial charge in [0, 0.05) is 10.6 Å². The third-order valence-electron chi connectivity index (χ3n) is 1.75. The van der Waals surface area contributed by atoms with Gasteiger partial charge in [0.1, 0.15) is 6.42 Å². The highest BCUT2D eigenvalue weighted by Gasteiger charge is 2.33. The second kappa shape index (κ2) is 5.11. The lowest BCUT2D eigenvalue weighted by Crippen LogP contribution is -2.07. The molecule has 0 aliphatic heterocycles. The Labute approximate surface area is 100 Å². The number of carboxylic acid groups (broad SMARTS) is 1. The SMILES string of the molecule is O=C(O)CC#Cc1ccc(Cl)cc1C(F)(F)F. The summed E-state index contributed by atoms with van der Waals surface area (Å²) in [5, 5.41) is 8.26. The molecule has 90 valence electrons. The molecule has 0 saturated heterocycles. The molecule has 0 amide bonds.